The van der Waals surface area contributed by atoms with E-state index in [4.69, 9.17) is 0 Å². The molecule has 94 valence electrons. The van der Waals surface area contributed by atoms with Crippen LogP contribution in [-0.4, -0.2) is 22.2 Å². The molecule has 2 heterocycles. The van der Waals surface area contributed by atoms with Gasteiger partial charge >= 0.3 is 0 Å². The molecule has 0 unspecified atom stereocenters. The van der Waals surface area contributed by atoms with Gasteiger partial charge < -0.3 is 5.32 Å². The summed E-state index contributed by atoms with van der Waals surface area (Å²) in [6.07, 6.45) is 5.12. The van der Waals surface area contributed by atoms with Gasteiger partial charge in [0.1, 0.15) is 0 Å². The van der Waals surface area contributed by atoms with Gasteiger partial charge in [-0.1, -0.05) is 0 Å². The maximum absolute atomic E-state index is 13.2. The summed E-state index contributed by atoms with van der Waals surface area (Å²) in [5.74, 6) is -2.44. The fourth-order valence-electron chi connectivity index (χ4n) is 3.13. The first-order valence-electron chi connectivity index (χ1n) is 6.11. The molecule has 0 bridgehead atoms. The number of rotatable bonds is 1. The van der Waals surface area contributed by atoms with Gasteiger partial charge in [-0.3, -0.25) is 4.68 Å². The van der Waals surface area contributed by atoms with E-state index in [9.17, 15) is 8.78 Å². The summed E-state index contributed by atoms with van der Waals surface area (Å²) in [5.41, 5.74) is 1.18. The van der Waals surface area contributed by atoms with Crippen molar-refractivity contribution in [2.75, 3.05) is 6.54 Å². The number of nitrogens with one attached hydrogen (secondary N) is 1. The van der Waals surface area contributed by atoms with Gasteiger partial charge in [0.2, 0.25) is 5.92 Å². The summed E-state index contributed by atoms with van der Waals surface area (Å²) in [6.45, 7) is 0.864. The van der Waals surface area contributed by atoms with Crippen molar-refractivity contribution in [1.29, 1.82) is 0 Å². The quantitative estimate of drug-likeness (QED) is 0.817. The van der Waals surface area contributed by atoms with Crippen LogP contribution < -0.4 is 5.32 Å². The maximum Gasteiger partial charge on any atom is 0.248 e. The molecule has 1 aromatic heterocycles. The number of halogens is 2. The van der Waals surface area contributed by atoms with Gasteiger partial charge in [-0.15, -0.1) is 0 Å². The normalized spacial score (nSPS) is 30.2. The van der Waals surface area contributed by atoms with Crippen LogP contribution in [0, 0.1) is 5.41 Å². The molecule has 1 saturated carbocycles. The molecular weight excluding hydrogens is 224 g/mol. The van der Waals surface area contributed by atoms with Crippen LogP contribution in [0.4, 0.5) is 8.78 Å². The van der Waals surface area contributed by atoms with Gasteiger partial charge in [0, 0.05) is 49.7 Å². The fraction of sp³-hybridized carbons (Fsp3) is 0.750. The lowest BCUT2D eigenvalue weighted by atomic mass is 9.62. The molecule has 2 aliphatic rings. The molecule has 1 aliphatic heterocycles. The summed E-state index contributed by atoms with van der Waals surface area (Å²) in [5, 5.41) is 7.52. The van der Waals surface area contributed by atoms with Gasteiger partial charge in [0.15, 0.2) is 0 Å². The molecule has 5 heteroatoms. The average Bonchev–Trinajstić information content (AvgIpc) is 2.63. The standard InChI is InChI=1S/C12H17F2N3/c1-17-7-9(6-16-17)10-11(8-15-10)2-4-12(13,14)5-3-11/h6-7,10,15H,2-5,8H2,1H3/t10-/m0/s1. The first-order chi connectivity index (χ1) is 8.01. The Balaban J connectivity index is 1.77. The minimum Gasteiger partial charge on any atom is -0.309 e. The molecule has 0 aromatic carbocycles. The van der Waals surface area contributed by atoms with Crippen molar-refractivity contribution >= 4 is 0 Å². The molecule has 0 amide bonds. The van der Waals surface area contributed by atoms with Crippen LogP contribution in [0.1, 0.15) is 37.3 Å². The van der Waals surface area contributed by atoms with Crippen LogP contribution in [-0.2, 0) is 7.05 Å². The molecule has 0 radical (unpaired) electrons. The number of aryl methyl sites for hydroxylation is 1. The van der Waals surface area contributed by atoms with Crippen molar-refractivity contribution in [3.63, 3.8) is 0 Å². The largest absolute Gasteiger partial charge is 0.309 e. The van der Waals surface area contributed by atoms with Crippen molar-refractivity contribution in [3.8, 4) is 0 Å². The second-order valence-corrected chi connectivity index (χ2v) is 5.48. The Labute approximate surface area is 99.2 Å². The van der Waals surface area contributed by atoms with Crippen LogP contribution in [0.15, 0.2) is 12.4 Å². The van der Waals surface area contributed by atoms with E-state index in [1.807, 2.05) is 19.4 Å². The van der Waals surface area contributed by atoms with Gasteiger partial charge in [0.05, 0.1) is 6.20 Å². The van der Waals surface area contributed by atoms with Crippen molar-refractivity contribution in [2.45, 2.75) is 37.6 Å². The third-order valence-electron chi connectivity index (χ3n) is 4.31. The SMILES string of the molecule is Cn1cc([C@@H]2NCC23CCC(F)(F)CC3)cn1. The summed E-state index contributed by atoms with van der Waals surface area (Å²) in [6, 6.07) is 0.215. The highest BCUT2D eigenvalue weighted by molar-refractivity contribution is 5.21. The van der Waals surface area contributed by atoms with E-state index >= 15 is 0 Å². The van der Waals surface area contributed by atoms with Gasteiger partial charge in [-0.25, -0.2) is 8.78 Å². The Morgan fingerprint density at radius 1 is 1.35 bits per heavy atom. The summed E-state index contributed by atoms with van der Waals surface area (Å²) < 4.78 is 28.2. The second-order valence-electron chi connectivity index (χ2n) is 5.48. The van der Waals surface area contributed by atoms with Crippen LogP contribution in [0.2, 0.25) is 0 Å². The molecule has 2 fully saturated rings. The first kappa shape index (κ1) is 11.1. The predicted molar refractivity (Wildman–Crippen MR) is 59.8 cm³/mol. The third kappa shape index (κ3) is 1.76. The lowest BCUT2D eigenvalue weighted by Gasteiger charge is -2.53. The van der Waals surface area contributed by atoms with Crippen molar-refractivity contribution in [1.82, 2.24) is 15.1 Å². The molecule has 17 heavy (non-hydrogen) atoms. The van der Waals surface area contributed by atoms with Gasteiger partial charge in [-0.2, -0.15) is 5.10 Å². The monoisotopic (exact) mass is 241 g/mol. The Morgan fingerprint density at radius 2 is 2.06 bits per heavy atom. The van der Waals surface area contributed by atoms with E-state index in [2.05, 4.69) is 10.4 Å². The Hall–Kier alpha value is -0.970. The molecule has 3 nitrogen and oxygen atoms in total. The molecule has 1 N–H and O–H groups in total. The van der Waals surface area contributed by atoms with E-state index in [-0.39, 0.29) is 24.3 Å². The lowest BCUT2D eigenvalue weighted by Crippen LogP contribution is -2.58. The zero-order valence-electron chi connectivity index (χ0n) is 9.92. The topological polar surface area (TPSA) is 29.9 Å². The van der Waals surface area contributed by atoms with Crippen molar-refractivity contribution in [3.05, 3.63) is 18.0 Å². The van der Waals surface area contributed by atoms with Crippen molar-refractivity contribution in [2.24, 2.45) is 12.5 Å². The van der Waals surface area contributed by atoms with E-state index in [0.29, 0.717) is 12.8 Å². The average molecular weight is 241 g/mol. The van der Waals surface area contributed by atoms with Crippen LogP contribution >= 0.6 is 0 Å². The number of alkyl halides is 2. The molecule has 1 aliphatic carbocycles. The Bertz CT molecular complexity index is 417. The molecular formula is C12H17F2N3. The summed E-state index contributed by atoms with van der Waals surface area (Å²) in [4.78, 5) is 0. The van der Waals surface area contributed by atoms with E-state index in [1.165, 1.54) is 0 Å². The minimum atomic E-state index is -2.44. The summed E-state index contributed by atoms with van der Waals surface area (Å²) in [7, 11) is 1.88. The minimum absolute atomic E-state index is 0.0332. The lowest BCUT2D eigenvalue weighted by molar-refractivity contribution is -0.0955. The Kier molecular flexibility index (Phi) is 2.30. The van der Waals surface area contributed by atoms with Crippen LogP contribution in [0.5, 0.6) is 0 Å². The number of nitrogens with zero attached hydrogens (tertiary/aromatic N) is 2. The highest BCUT2D eigenvalue weighted by Crippen LogP contribution is 2.54. The maximum atomic E-state index is 13.2. The third-order valence-corrected chi connectivity index (χ3v) is 4.31. The predicted octanol–water partition coefficient (Wildman–Crippen LogP) is 2.26. The highest BCUT2D eigenvalue weighted by atomic mass is 19.3. The van der Waals surface area contributed by atoms with Crippen LogP contribution in [0.3, 0.4) is 0 Å². The van der Waals surface area contributed by atoms with Crippen molar-refractivity contribution < 1.29 is 8.78 Å². The molecule has 1 spiro atoms. The Morgan fingerprint density at radius 3 is 2.53 bits per heavy atom. The number of hydrogen-bond donors (Lipinski definition) is 1. The molecule has 1 saturated heterocycles. The molecule has 1 aromatic rings. The number of aromatic nitrogens is 2. The fourth-order valence-corrected chi connectivity index (χ4v) is 3.13. The van der Waals surface area contributed by atoms with Gasteiger partial charge in [-0.05, 0) is 12.8 Å². The van der Waals surface area contributed by atoms with Gasteiger partial charge in [0.25, 0.3) is 0 Å². The van der Waals surface area contributed by atoms with E-state index in [0.717, 1.165) is 12.1 Å². The molecule has 3 rings (SSSR count). The van der Waals surface area contributed by atoms with E-state index < -0.39 is 5.92 Å². The molecule has 1 atom stereocenters. The summed E-state index contributed by atoms with van der Waals surface area (Å²) >= 11 is 0. The zero-order chi connectivity index (χ0) is 12.1. The first-order valence-corrected chi connectivity index (χ1v) is 6.11. The van der Waals surface area contributed by atoms with E-state index in [1.54, 1.807) is 4.68 Å². The van der Waals surface area contributed by atoms with Crippen LogP contribution in [0.25, 0.3) is 0 Å². The number of hydrogen-bond acceptors (Lipinski definition) is 2. The second kappa shape index (κ2) is 3.51. The smallest absolute Gasteiger partial charge is 0.248 e. The zero-order valence-corrected chi connectivity index (χ0v) is 9.92. The highest BCUT2D eigenvalue weighted by Gasteiger charge is 2.52.